The van der Waals surface area contributed by atoms with Gasteiger partial charge in [-0.25, -0.2) is 0 Å². The lowest BCUT2D eigenvalue weighted by Crippen LogP contribution is -2.52. The fourth-order valence-corrected chi connectivity index (χ4v) is 3.72. The van der Waals surface area contributed by atoms with Gasteiger partial charge in [0, 0.05) is 24.3 Å². The second-order valence-corrected chi connectivity index (χ2v) is 6.95. The Kier molecular flexibility index (Phi) is 3.96. The van der Waals surface area contributed by atoms with Crippen LogP contribution in [0, 0.1) is 5.92 Å². The molecule has 1 aromatic rings. The molecule has 4 nitrogen and oxygen atoms in total. The summed E-state index contributed by atoms with van der Waals surface area (Å²) in [5.74, 6) is 0.570. The number of nitrogens with zero attached hydrogens (tertiary/aromatic N) is 2. The normalized spacial score (nSPS) is 30.9. The summed E-state index contributed by atoms with van der Waals surface area (Å²) in [5, 5.41) is 17.9. The molecule has 3 rings (SSSR count). The molecule has 5 heteroatoms. The van der Waals surface area contributed by atoms with E-state index in [1.54, 1.807) is 0 Å². The number of nitrogens with one attached hydrogen (secondary N) is 1. The maximum Gasteiger partial charge on any atom is 0.0632 e. The summed E-state index contributed by atoms with van der Waals surface area (Å²) in [6.45, 7) is 1.21. The van der Waals surface area contributed by atoms with Gasteiger partial charge in [-0.05, 0) is 54.0 Å². The van der Waals surface area contributed by atoms with E-state index >= 15 is 0 Å². The Balaban J connectivity index is 1.61. The van der Waals surface area contributed by atoms with Gasteiger partial charge in [0.15, 0.2) is 0 Å². The Bertz CT molecular complexity index is 432. The Morgan fingerprint density at radius 1 is 1.47 bits per heavy atom. The van der Waals surface area contributed by atoms with Crippen LogP contribution in [-0.4, -0.2) is 33.1 Å². The zero-order valence-electron chi connectivity index (χ0n) is 11.2. The molecule has 2 N–H and O–H groups in total. The van der Waals surface area contributed by atoms with E-state index in [0.29, 0.717) is 12.0 Å². The number of aromatic nitrogens is 2. The number of hydrogen-bond acceptors (Lipinski definition) is 3. The molecule has 0 bridgehead atoms. The van der Waals surface area contributed by atoms with Crippen LogP contribution in [0.2, 0.25) is 0 Å². The molecular weight excluding hydrogens is 306 g/mol. The Labute approximate surface area is 122 Å². The molecule has 0 saturated heterocycles. The van der Waals surface area contributed by atoms with Crippen molar-refractivity contribution in [3.05, 3.63) is 16.9 Å². The number of hydrogen-bond donors (Lipinski definition) is 2. The third-order valence-corrected chi connectivity index (χ3v) is 5.03. The van der Waals surface area contributed by atoms with Crippen molar-refractivity contribution in [2.24, 2.45) is 5.92 Å². The first kappa shape index (κ1) is 13.6. The average molecular weight is 328 g/mol. The largest absolute Gasteiger partial charge is 0.394 e. The molecular formula is C14H22BrN3O. The quantitative estimate of drug-likeness (QED) is 0.843. The highest BCUT2D eigenvalue weighted by Crippen LogP contribution is 2.40. The number of aryl methyl sites for hydroxylation is 1. The van der Waals surface area contributed by atoms with Crippen LogP contribution in [0.5, 0.6) is 0 Å². The SMILES string of the molecule is OCC1(NC2CC2)CCCC1CCn1cc(Br)cn1. The zero-order valence-corrected chi connectivity index (χ0v) is 12.8. The summed E-state index contributed by atoms with van der Waals surface area (Å²) < 4.78 is 3.02. The third-order valence-electron chi connectivity index (χ3n) is 4.62. The summed E-state index contributed by atoms with van der Waals surface area (Å²) in [6, 6.07) is 0.659. The fraction of sp³-hybridized carbons (Fsp3) is 0.786. The van der Waals surface area contributed by atoms with E-state index in [4.69, 9.17) is 0 Å². The van der Waals surface area contributed by atoms with E-state index in [2.05, 4.69) is 26.3 Å². The van der Waals surface area contributed by atoms with E-state index < -0.39 is 0 Å². The number of aliphatic hydroxyl groups is 1. The standard InChI is InChI=1S/C14H22BrN3O/c15-12-8-16-18(9-12)7-5-11-2-1-6-14(11,10-19)17-13-3-4-13/h8-9,11,13,17,19H,1-7,10H2. The van der Waals surface area contributed by atoms with E-state index in [0.717, 1.165) is 23.9 Å². The van der Waals surface area contributed by atoms with Gasteiger partial charge >= 0.3 is 0 Å². The van der Waals surface area contributed by atoms with Crippen LogP contribution < -0.4 is 5.32 Å². The van der Waals surface area contributed by atoms with Crippen LogP contribution in [-0.2, 0) is 6.54 Å². The molecule has 2 saturated carbocycles. The second-order valence-electron chi connectivity index (χ2n) is 6.03. The minimum atomic E-state index is -0.0223. The van der Waals surface area contributed by atoms with Gasteiger partial charge in [0.2, 0.25) is 0 Å². The molecule has 2 unspecified atom stereocenters. The average Bonchev–Trinajstić information content (AvgIpc) is 2.97. The predicted octanol–water partition coefficient (Wildman–Crippen LogP) is 2.32. The monoisotopic (exact) mass is 327 g/mol. The number of halogens is 1. The molecule has 1 aromatic heterocycles. The van der Waals surface area contributed by atoms with E-state index in [-0.39, 0.29) is 12.1 Å². The van der Waals surface area contributed by atoms with E-state index in [9.17, 15) is 5.11 Å². The molecule has 0 spiro atoms. The lowest BCUT2D eigenvalue weighted by molar-refractivity contribution is 0.114. The zero-order chi connectivity index (χ0) is 13.3. The van der Waals surface area contributed by atoms with Crippen molar-refractivity contribution < 1.29 is 5.11 Å². The Morgan fingerprint density at radius 2 is 2.32 bits per heavy atom. The minimum Gasteiger partial charge on any atom is -0.394 e. The minimum absolute atomic E-state index is 0.0223. The van der Waals surface area contributed by atoms with Crippen LogP contribution in [0.25, 0.3) is 0 Å². The maximum atomic E-state index is 9.87. The van der Waals surface area contributed by atoms with Crippen LogP contribution in [0.15, 0.2) is 16.9 Å². The molecule has 0 aromatic carbocycles. The Hall–Kier alpha value is -0.390. The molecule has 0 aliphatic heterocycles. The van der Waals surface area contributed by atoms with Gasteiger partial charge in [-0.1, -0.05) is 6.42 Å². The van der Waals surface area contributed by atoms with Crippen molar-refractivity contribution >= 4 is 15.9 Å². The molecule has 2 fully saturated rings. The summed E-state index contributed by atoms with van der Waals surface area (Å²) in [6.07, 6.45) is 11.1. The molecule has 1 heterocycles. The van der Waals surface area contributed by atoms with Gasteiger partial charge in [-0.15, -0.1) is 0 Å². The third kappa shape index (κ3) is 3.03. The van der Waals surface area contributed by atoms with Crippen molar-refractivity contribution in [2.45, 2.75) is 56.7 Å². The van der Waals surface area contributed by atoms with Crippen molar-refractivity contribution in [3.63, 3.8) is 0 Å². The highest BCUT2D eigenvalue weighted by Gasteiger charge is 2.44. The van der Waals surface area contributed by atoms with Crippen molar-refractivity contribution in [2.75, 3.05) is 6.61 Å². The lowest BCUT2D eigenvalue weighted by atomic mass is 9.85. The maximum absolute atomic E-state index is 9.87. The summed E-state index contributed by atoms with van der Waals surface area (Å²) in [4.78, 5) is 0. The van der Waals surface area contributed by atoms with Crippen LogP contribution in [0.3, 0.4) is 0 Å². The fourth-order valence-electron chi connectivity index (χ4n) is 3.39. The van der Waals surface area contributed by atoms with Gasteiger partial charge in [0.25, 0.3) is 0 Å². The lowest BCUT2D eigenvalue weighted by Gasteiger charge is -2.35. The van der Waals surface area contributed by atoms with Crippen LogP contribution >= 0.6 is 15.9 Å². The first-order chi connectivity index (χ1) is 9.22. The van der Waals surface area contributed by atoms with Crippen LogP contribution in [0.4, 0.5) is 0 Å². The molecule has 0 amide bonds. The van der Waals surface area contributed by atoms with E-state index in [1.807, 2.05) is 17.1 Å². The Morgan fingerprint density at radius 3 is 2.95 bits per heavy atom. The molecule has 19 heavy (non-hydrogen) atoms. The first-order valence-electron chi connectivity index (χ1n) is 7.28. The molecule has 106 valence electrons. The molecule has 2 atom stereocenters. The first-order valence-corrected chi connectivity index (χ1v) is 8.08. The van der Waals surface area contributed by atoms with Crippen molar-refractivity contribution in [1.82, 2.24) is 15.1 Å². The topological polar surface area (TPSA) is 50.1 Å². The highest BCUT2D eigenvalue weighted by atomic mass is 79.9. The molecule has 2 aliphatic carbocycles. The molecule has 2 aliphatic rings. The van der Waals surface area contributed by atoms with E-state index in [1.165, 1.54) is 25.7 Å². The van der Waals surface area contributed by atoms with Crippen LogP contribution in [0.1, 0.15) is 38.5 Å². The summed E-state index contributed by atoms with van der Waals surface area (Å²) >= 11 is 3.43. The highest BCUT2D eigenvalue weighted by molar-refractivity contribution is 9.10. The summed E-state index contributed by atoms with van der Waals surface area (Å²) in [7, 11) is 0. The van der Waals surface area contributed by atoms with Crippen molar-refractivity contribution in [1.29, 1.82) is 0 Å². The van der Waals surface area contributed by atoms with Crippen molar-refractivity contribution in [3.8, 4) is 0 Å². The summed E-state index contributed by atoms with van der Waals surface area (Å²) in [5.41, 5.74) is -0.0223. The van der Waals surface area contributed by atoms with Gasteiger partial charge in [-0.2, -0.15) is 5.10 Å². The number of aliphatic hydroxyl groups excluding tert-OH is 1. The smallest absolute Gasteiger partial charge is 0.0632 e. The van der Waals surface area contributed by atoms with Gasteiger partial charge < -0.3 is 10.4 Å². The van der Waals surface area contributed by atoms with Gasteiger partial charge in [-0.3, -0.25) is 4.68 Å². The second kappa shape index (κ2) is 5.54. The molecule has 0 radical (unpaired) electrons. The predicted molar refractivity (Wildman–Crippen MR) is 77.9 cm³/mol. The van der Waals surface area contributed by atoms with Gasteiger partial charge in [0.1, 0.15) is 0 Å². The van der Waals surface area contributed by atoms with Gasteiger partial charge in [0.05, 0.1) is 17.3 Å². The number of rotatable bonds is 6.